The van der Waals surface area contributed by atoms with Gasteiger partial charge in [0, 0.05) is 0 Å². The van der Waals surface area contributed by atoms with Gasteiger partial charge in [0.05, 0.1) is 18.8 Å². The molecule has 92 valence electrons. The minimum absolute atomic E-state index is 0.0224. The maximum Gasteiger partial charge on any atom is 0.241 e. The van der Waals surface area contributed by atoms with Gasteiger partial charge in [0.1, 0.15) is 5.75 Å². The highest BCUT2D eigenvalue weighted by atomic mass is 16.5. The van der Waals surface area contributed by atoms with Crippen LogP contribution in [0.3, 0.4) is 0 Å². The fourth-order valence-electron chi connectivity index (χ4n) is 2.04. The van der Waals surface area contributed by atoms with Gasteiger partial charge in [0.2, 0.25) is 5.91 Å². The maximum absolute atomic E-state index is 12.0. The Morgan fingerprint density at radius 1 is 1.41 bits per heavy atom. The second kappa shape index (κ2) is 5.68. The minimum Gasteiger partial charge on any atom is -0.495 e. The molecule has 17 heavy (non-hydrogen) atoms. The first-order chi connectivity index (χ1) is 8.31. The molecule has 1 fully saturated rings. The van der Waals surface area contributed by atoms with Crippen LogP contribution in [0, 0.1) is 0 Å². The SMILES string of the molecule is COc1ccccc1NC(=O)[C@@H]1CCCCN1. The molecule has 0 aliphatic carbocycles. The lowest BCUT2D eigenvalue weighted by Crippen LogP contribution is -2.43. The monoisotopic (exact) mass is 234 g/mol. The van der Waals surface area contributed by atoms with E-state index in [2.05, 4.69) is 10.6 Å². The summed E-state index contributed by atoms with van der Waals surface area (Å²) in [6, 6.07) is 7.37. The van der Waals surface area contributed by atoms with Crippen molar-refractivity contribution >= 4 is 11.6 Å². The molecule has 1 aliphatic rings. The average Bonchev–Trinajstić information content (AvgIpc) is 2.40. The third kappa shape index (κ3) is 2.97. The Kier molecular flexibility index (Phi) is 3.98. The summed E-state index contributed by atoms with van der Waals surface area (Å²) in [7, 11) is 1.60. The second-order valence-corrected chi connectivity index (χ2v) is 4.19. The zero-order chi connectivity index (χ0) is 12.1. The highest BCUT2D eigenvalue weighted by molar-refractivity contribution is 5.96. The van der Waals surface area contributed by atoms with Crippen molar-refractivity contribution in [2.75, 3.05) is 19.0 Å². The van der Waals surface area contributed by atoms with Crippen LogP contribution in [-0.4, -0.2) is 25.6 Å². The molecule has 0 bridgehead atoms. The van der Waals surface area contributed by atoms with Crippen LogP contribution in [0.4, 0.5) is 5.69 Å². The Labute approximate surface area is 101 Å². The summed E-state index contributed by atoms with van der Waals surface area (Å²) in [4.78, 5) is 12.0. The summed E-state index contributed by atoms with van der Waals surface area (Å²) < 4.78 is 5.20. The van der Waals surface area contributed by atoms with Crippen LogP contribution in [0.2, 0.25) is 0 Å². The molecule has 2 rings (SSSR count). The third-order valence-corrected chi connectivity index (χ3v) is 2.99. The minimum atomic E-state index is -0.0753. The number of hydrogen-bond donors (Lipinski definition) is 2. The van der Waals surface area contributed by atoms with E-state index in [1.54, 1.807) is 7.11 Å². The highest BCUT2D eigenvalue weighted by Gasteiger charge is 2.21. The molecule has 4 nitrogen and oxygen atoms in total. The number of nitrogens with one attached hydrogen (secondary N) is 2. The zero-order valence-electron chi connectivity index (χ0n) is 10.0. The van der Waals surface area contributed by atoms with Crippen molar-refractivity contribution in [1.82, 2.24) is 5.32 Å². The number of para-hydroxylation sites is 2. The zero-order valence-corrected chi connectivity index (χ0v) is 10.0. The number of piperidine rings is 1. The Bertz CT molecular complexity index is 387. The van der Waals surface area contributed by atoms with E-state index in [-0.39, 0.29) is 11.9 Å². The number of amides is 1. The van der Waals surface area contributed by atoms with Crippen molar-refractivity contribution in [3.63, 3.8) is 0 Å². The van der Waals surface area contributed by atoms with E-state index in [1.807, 2.05) is 24.3 Å². The number of carbonyl (C=O) groups is 1. The van der Waals surface area contributed by atoms with Gasteiger partial charge in [-0.05, 0) is 31.5 Å². The van der Waals surface area contributed by atoms with E-state index in [4.69, 9.17) is 4.74 Å². The van der Waals surface area contributed by atoms with Crippen LogP contribution in [0.25, 0.3) is 0 Å². The molecule has 0 saturated carbocycles. The van der Waals surface area contributed by atoms with Gasteiger partial charge in [-0.25, -0.2) is 0 Å². The number of anilines is 1. The lowest BCUT2D eigenvalue weighted by Gasteiger charge is -2.22. The van der Waals surface area contributed by atoms with Crippen molar-refractivity contribution in [3.05, 3.63) is 24.3 Å². The van der Waals surface area contributed by atoms with Gasteiger partial charge in [-0.15, -0.1) is 0 Å². The van der Waals surface area contributed by atoms with Gasteiger partial charge < -0.3 is 15.4 Å². The number of rotatable bonds is 3. The van der Waals surface area contributed by atoms with Crippen LogP contribution < -0.4 is 15.4 Å². The van der Waals surface area contributed by atoms with Crippen molar-refractivity contribution in [2.45, 2.75) is 25.3 Å². The van der Waals surface area contributed by atoms with E-state index in [9.17, 15) is 4.79 Å². The lowest BCUT2D eigenvalue weighted by atomic mass is 10.0. The molecular formula is C13H18N2O2. The molecule has 1 atom stereocenters. The fourth-order valence-corrected chi connectivity index (χ4v) is 2.04. The molecule has 0 spiro atoms. The largest absolute Gasteiger partial charge is 0.495 e. The highest BCUT2D eigenvalue weighted by Crippen LogP contribution is 2.23. The maximum atomic E-state index is 12.0. The third-order valence-electron chi connectivity index (χ3n) is 2.99. The summed E-state index contributed by atoms with van der Waals surface area (Å²) in [5, 5.41) is 6.13. The number of methoxy groups -OCH3 is 1. The fraction of sp³-hybridized carbons (Fsp3) is 0.462. The Hall–Kier alpha value is -1.55. The van der Waals surface area contributed by atoms with E-state index in [0.717, 1.165) is 31.5 Å². The molecule has 0 unspecified atom stereocenters. The first-order valence-corrected chi connectivity index (χ1v) is 5.98. The van der Waals surface area contributed by atoms with Crippen molar-refractivity contribution in [3.8, 4) is 5.75 Å². The van der Waals surface area contributed by atoms with Gasteiger partial charge in [-0.3, -0.25) is 4.79 Å². The Morgan fingerprint density at radius 3 is 2.94 bits per heavy atom. The van der Waals surface area contributed by atoms with Gasteiger partial charge in [-0.2, -0.15) is 0 Å². The molecule has 1 aliphatic heterocycles. The van der Waals surface area contributed by atoms with Crippen LogP contribution in [-0.2, 0) is 4.79 Å². The van der Waals surface area contributed by atoms with Gasteiger partial charge in [-0.1, -0.05) is 18.6 Å². The molecule has 0 aromatic heterocycles. The molecule has 1 aromatic rings. The van der Waals surface area contributed by atoms with E-state index >= 15 is 0 Å². The van der Waals surface area contributed by atoms with Crippen LogP contribution in [0.5, 0.6) is 5.75 Å². The number of benzene rings is 1. The summed E-state index contributed by atoms with van der Waals surface area (Å²) >= 11 is 0. The predicted octanol–water partition coefficient (Wildman–Crippen LogP) is 1.78. The van der Waals surface area contributed by atoms with E-state index in [1.165, 1.54) is 0 Å². The summed E-state index contributed by atoms with van der Waals surface area (Å²) in [6.07, 6.45) is 3.16. The molecule has 1 amide bonds. The lowest BCUT2D eigenvalue weighted by molar-refractivity contribution is -0.118. The molecule has 4 heteroatoms. The van der Waals surface area contributed by atoms with E-state index < -0.39 is 0 Å². The van der Waals surface area contributed by atoms with Crippen LogP contribution in [0.1, 0.15) is 19.3 Å². The number of ether oxygens (including phenoxy) is 1. The molecule has 1 heterocycles. The van der Waals surface area contributed by atoms with Crippen LogP contribution in [0.15, 0.2) is 24.3 Å². The van der Waals surface area contributed by atoms with Crippen molar-refractivity contribution < 1.29 is 9.53 Å². The smallest absolute Gasteiger partial charge is 0.241 e. The summed E-state index contributed by atoms with van der Waals surface area (Å²) in [5.74, 6) is 0.714. The molecule has 2 N–H and O–H groups in total. The summed E-state index contributed by atoms with van der Waals surface area (Å²) in [5.41, 5.74) is 0.729. The molecular weight excluding hydrogens is 216 g/mol. The van der Waals surface area contributed by atoms with Crippen molar-refractivity contribution in [1.29, 1.82) is 0 Å². The van der Waals surface area contributed by atoms with Gasteiger partial charge >= 0.3 is 0 Å². The second-order valence-electron chi connectivity index (χ2n) is 4.19. The van der Waals surface area contributed by atoms with Crippen molar-refractivity contribution in [2.24, 2.45) is 0 Å². The summed E-state index contributed by atoms with van der Waals surface area (Å²) in [6.45, 7) is 0.921. The topological polar surface area (TPSA) is 50.4 Å². The first kappa shape index (κ1) is 11.9. The van der Waals surface area contributed by atoms with Gasteiger partial charge in [0.15, 0.2) is 0 Å². The molecule has 1 saturated heterocycles. The molecule has 0 radical (unpaired) electrons. The van der Waals surface area contributed by atoms with Gasteiger partial charge in [0.25, 0.3) is 0 Å². The first-order valence-electron chi connectivity index (χ1n) is 5.98. The Morgan fingerprint density at radius 2 is 2.24 bits per heavy atom. The molecule has 1 aromatic carbocycles. The van der Waals surface area contributed by atoms with E-state index in [0.29, 0.717) is 5.75 Å². The Balaban J connectivity index is 2.01. The average molecular weight is 234 g/mol. The standard InChI is InChI=1S/C13H18N2O2/c1-17-12-8-3-2-6-10(12)15-13(16)11-7-4-5-9-14-11/h2-3,6,8,11,14H,4-5,7,9H2,1H3,(H,15,16)/t11-/m0/s1. The predicted molar refractivity (Wildman–Crippen MR) is 67.3 cm³/mol. The number of hydrogen-bond acceptors (Lipinski definition) is 3. The normalized spacial score (nSPS) is 19.7. The number of carbonyl (C=O) groups excluding carboxylic acids is 1. The van der Waals surface area contributed by atoms with Crippen LogP contribution >= 0.6 is 0 Å². The quantitative estimate of drug-likeness (QED) is 0.838.